The van der Waals surface area contributed by atoms with Crippen LogP contribution in [0, 0.1) is 11.7 Å². The van der Waals surface area contributed by atoms with Gasteiger partial charge in [0.2, 0.25) is 0 Å². The first-order valence-electron chi connectivity index (χ1n) is 6.65. The minimum absolute atomic E-state index is 0.179. The van der Waals surface area contributed by atoms with E-state index in [0.717, 1.165) is 11.2 Å². The highest BCUT2D eigenvalue weighted by molar-refractivity contribution is 9.09. The molecule has 0 spiro atoms. The zero-order valence-corrected chi connectivity index (χ0v) is 12.8. The quantitative estimate of drug-likeness (QED) is 0.627. The predicted molar refractivity (Wildman–Crippen MR) is 79.1 cm³/mol. The summed E-state index contributed by atoms with van der Waals surface area (Å²) in [6, 6.07) is 5.45. The Morgan fingerprint density at radius 2 is 1.94 bits per heavy atom. The van der Waals surface area contributed by atoms with Crippen LogP contribution in [0.2, 0.25) is 0 Å². The summed E-state index contributed by atoms with van der Waals surface area (Å²) in [6.07, 6.45) is 6.33. The lowest BCUT2D eigenvalue weighted by molar-refractivity contribution is 0.320. The molecule has 1 aliphatic rings. The Balaban J connectivity index is 2.01. The molecule has 18 heavy (non-hydrogen) atoms. The van der Waals surface area contributed by atoms with Crippen LogP contribution in [0.1, 0.15) is 49.1 Å². The average Bonchev–Trinajstić information content (AvgIpc) is 2.41. The normalized spacial score (nSPS) is 24.2. The molecule has 0 nitrogen and oxygen atoms in total. The number of hydrogen-bond acceptors (Lipinski definition) is 0. The van der Waals surface area contributed by atoms with Gasteiger partial charge in [-0.25, -0.2) is 4.39 Å². The summed E-state index contributed by atoms with van der Waals surface area (Å²) in [5.74, 6) is 1.55. The van der Waals surface area contributed by atoms with Gasteiger partial charge in [0.05, 0.1) is 5.88 Å². The molecule has 0 amide bonds. The lowest BCUT2D eigenvalue weighted by Gasteiger charge is -2.28. The summed E-state index contributed by atoms with van der Waals surface area (Å²) in [4.78, 5) is 0. The highest BCUT2D eigenvalue weighted by atomic mass is 79.9. The monoisotopic (exact) mass is 332 g/mol. The molecule has 0 unspecified atom stereocenters. The topological polar surface area (TPSA) is 0 Å². The van der Waals surface area contributed by atoms with Crippen LogP contribution in [0.25, 0.3) is 0 Å². The fraction of sp³-hybridized carbons (Fsp3) is 0.600. The maximum absolute atomic E-state index is 13.4. The Hall–Kier alpha value is -0.0800. The van der Waals surface area contributed by atoms with Crippen molar-refractivity contribution >= 4 is 27.5 Å². The van der Waals surface area contributed by atoms with Crippen molar-refractivity contribution in [2.24, 2.45) is 5.92 Å². The van der Waals surface area contributed by atoms with Crippen molar-refractivity contribution in [1.82, 2.24) is 0 Å². The van der Waals surface area contributed by atoms with E-state index in [0.29, 0.717) is 11.5 Å². The van der Waals surface area contributed by atoms with Gasteiger partial charge in [0, 0.05) is 10.9 Å². The Labute approximate surface area is 122 Å². The van der Waals surface area contributed by atoms with Crippen LogP contribution in [-0.4, -0.2) is 5.33 Å². The molecule has 1 fully saturated rings. The molecular formula is C15H19BrClF. The number of rotatable bonds is 4. The molecular weight excluding hydrogens is 315 g/mol. The van der Waals surface area contributed by atoms with Crippen molar-refractivity contribution < 1.29 is 4.39 Å². The second-order valence-electron chi connectivity index (χ2n) is 5.18. The number of benzene rings is 1. The second-order valence-corrected chi connectivity index (χ2v) is 6.24. The Morgan fingerprint density at radius 3 is 2.56 bits per heavy atom. The van der Waals surface area contributed by atoms with Gasteiger partial charge in [-0.3, -0.25) is 0 Å². The van der Waals surface area contributed by atoms with Gasteiger partial charge < -0.3 is 0 Å². The van der Waals surface area contributed by atoms with Gasteiger partial charge in [-0.2, -0.15) is 0 Å². The molecule has 0 heterocycles. The smallest absolute Gasteiger partial charge is 0.127 e. The van der Waals surface area contributed by atoms with Crippen molar-refractivity contribution in [1.29, 1.82) is 0 Å². The summed E-state index contributed by atoms with van der Waals surface area (Å²) >= 11 is 9.28. The number of hydrogen-bond donors (Lipinski definition) is 0. The molecule has 0 bridgehead atoms. The van der Waals surface area contributed by atoms with Crippen LogP contribution in [-0.2, 0) is 5.88 Å². The zero-order valence-electron chi connectivity index (χ0n) is 10.5. The Kier molecular flexibility index (Phi) is 5.50. The lowest BCUT2D eigenvalue weighted by Crippen LogP contribution is -2.14. The average molecular weight is 334 g/mol. The fourth-order valence-corrected chi connectivity index (χ4v) is 3.74. The van der Waals surface area contributed by atoms with Crippen LogP contribution >= 0.6 is 27.5 Å². The van der Waals surface area contributed by atoms with E-state index in [4.69, 9.17) is 11.6 Å². The molecule has 1 saturated carbocycles. The van der Waals surface area contributed by atoms with Crippen molar-refractivity contribution in [2.75, 3.05) is 5.33 Å². The molecule has 100 valence electrons. The van der Waals surface area contributed by atoms with Gasteiger partial charge in [0.15, 0.2) is 0 Å². The minimum atomic E-state index is -0.179. The molecule has 1 aromatic carbocycles. The molecule has 0 aromatic heterocycles. The second kappa shape index (κ2) is 6.91. The van der Waals surface area contributed by atoms with Crippen molar-refractivity contribution in [3.05, 3.63) is 35.1 Å². The summed E-state index contributed by atoms with van der Waals surface area (Å²) in [7, 11) is 0. The first kappa shape index (κ1) is 14.3. The van der Waals surface area contributed by atoms with Crippen LogP contribution in [0.3, 0.4) is 0 Å². The maximum atomic E-state index is 13.4. The Morgan fingerprint density at radius 1 is 1.22 bits per heavy atom. The molecule has 0 radical (unpaired) electrons. The number of halogens is 3. The first-order valence-corrected chi connectivity index (χ1v) is 8.30. The van der Waals surface area contributed by atoms with Crippen LogP contribution in [0.5, 0.6) is 0 Å². The van der Waals surface area contributed by atoms with Gasteiger partial charge in [-0.15, -0.1) is 11.6 Å². The van der Waals surface area contributed by atoms with Crippen LogP contribution in [0.4, 0.5) is 4.39 Å². The van der Waals surface area contributed by atoms with Crippen LogP contribution < -0.4 is 0 Å². The van der Waals surface area contributed by atoms with Crippen molar-refractivity contribution in [2.45, 2.75) is 43.9 Å². The summed E-state index contributed by atoms with van der Waals surface area (Å²) in [5.41, 5.74) is 1.90. The zero-order chi connectivity index (χ0) is 13.0. The Bertz CT molecular complexity index is 386. The molecule has 1 aliphatic carbocycles. The lowest BCUT2D eigenvalue weighted by atomic mass is 9.77. The van der Waals surface area contributed by atoms with E-state index in [2.05, 4.69) is 15.9 Å². The molecule has 1 aromatic rings. The third-order valence-electron chi connectivity index (χ3n) is 4.05. The molecule has 0 saturated heterocycles. The van der Waals surface area contributed by atoms with Gasteiger partial charge >= 0.3 is 0 Å². The van der Waals surface area contributed by atoms with Gasteiger partial charge in [-0.05, 0) is 55.6 Å². The highest BCUT2D eigenvalue weighted by Crippen LogP contribution is 2.37. The molecule has 0 N–H and O–H groups in total. The van der Waals surface area contributed by atoms with E-state index in [1.54, 1.807) is 6.07 Å². The molecule has 0 aliphatic heterocycles. The first-order chi connectivity index (χ1) is 8.74. The largest absolute Gasteiger partial charge is 0.207 e. The van der Waals surface area contributed by atoms with E-state index in [1.807, 2.05) is 12.1 Å². The minimum Gasteiger partial charge on any atom is -0.207 e. The molecule has 3 heteroatoms. The van der Waals surface area contributed by atoms with E-state index >= 15 is 0 Å². The van der Waals surface area contributed by atoms with E-state index in [-0.39, 0.29) is 11.7 Å². The maximum Gasteiger partial charge on any atom is 0.127 e. The standard InChI is InChI=1S/C15H19BrClF/c16-8-7-11-1-3-12(4-2-11)13-5-6-15(18)14(9-13)10-17/h5-6,9,11-12H,1-4,7-8,10H2/t11-,12-. The van der Waals surface area contributed by atoms with E-state index in [9.17, 15) is 4.39 Å². The van der Waals surface area contributed by atoms with Gasteiger partial charge in [-0.1, -0.05) is 28.1 Å². The summed E-state index contributed by atoms with van der Waals surface area (Å²) < 4.78 is 13.4. The SMILES string of the molecule is Fc1ccc([C@H]2CC[C@H](CCBr)CC2)cc1CCl. The summed E-state index contributed by atoms with van der Waals surface area (Å²) in [6.45, 7) is 0. The van der Waals surface area contributed by atoms with E-state index < -0.39 is 0 Å². The highest BCUT2D eigenvalue weighted by Gasteiger charge is 2.22. The fourth-order valence-electron chi connectivity index (χ4n) is 2.89. The van der Waals surface area contributed by atoms with Crippen molar-refractivity contribution in [3.8, 4) is 0 Å². The van der Waals surface area contributed by atoms with Crippen molar-refractivity contribution in [3.63, 3.8) is 0 Å². The summed E-state index contributed by atoms with van der Waals surface area (Å²) in [5, 5.41) is 1.11. The predicted octanol–water partition coefficient (Wildman–Crippen LogP) is 5.62. The third kappa shape index (κ3) is 3.48. The van der Waals surface area contributed by atoms with Gasteiger partial charge in [0.1, 0.15) is 5.82 Å². The van der Waals surface area contributed by atoms with Gasteiger partial charge in [0.25, 0.3) is 0 Å². The third-order valence-corrected chi connectivity index (χ3v) is 4.80. The van der Waals surface area contributed by atoms with E-state index in [1.165, 1.54) is 37.7 Å². The number of alkyl halides is 2. The molecule has 0 atom stereocenters. The van der Waals surface area contributed by atoms with Crippen LogP contribution in [0.15, 0.2) is 18.2 Å². The molecule has 2 rings (SSSR count).